The van der Waals surface area contributed by atoms with Gasteiger partial charge in [-0.15, -0.1) is 0 Å². The summed E-state index contributed by atoms with van der Waals surface area (Å²) in [6.45, 7) is 114. The first-order chi connectivity index (χ1) is 40.9. The molecule has 0 aromatic carbocycles. The van der Waals surface area contributed by atoms with Crippen LogP contribution in [0.25, 0.3) is 0 Å². The molecule has 0 aliphatic rings. The lowest BCUT2D eigenvalue weighted by molar-refractivity contribution is -0.921. The molecule has 0 aliphatic carbocycles. The fourth-order valence-electron chi connectivity index (χ4n) is 10.7. The second kappa shape index (κ2) is 74.5. The highest BCUT2D eigenvalue weighted by Crippen LogP contribution is 2.08. The average molecular weight is 1350 g/mol. The molecule has 0 spiro atoms. The van der Waals surface area contributed by atoms with E-state index in [4.69, 9.17) is 39.6 Å². The molecule has 0 heterocycles. The molecule has 0 radical (unpaired) electrons. The van der Waals surface area contributed by atoms with E-state index in [1.165, 1.54) is 245 Å². The van der Waals surface area contributed by atoms with Gasteiger partial charge in [-0.2, -0.15) is 0 Å². The Hall–Kier alpha value is -1.56. The Balaban J connectivity index is -0.0000000724. The molecular weight excluding hydrogens is 1190 g/mol. The normalized spacial score (nSPS) is 10.9. The Morgan fingerprint density at radius 2 is 0.182 bits per heavy atom. The minimum atomic E-state index is -1.50. The van der Waals surface area contributed by atoms with Gasteiger partial charge in [0, 0.05) is 0 Å². The molecule has 0 atom stereocenters. The van der Waals surface area contributed by atoms with Crippen LogP contribution in [0.1, 0.15) is 222 Å². The Morgan fingerprint density at radius 1 is 0.159 bits per heavy atom. The van der Waals surface area contributed by atoms with Gasteiger partial charge in [-0.25, -0.2) is 0 Å². The second-order valence-electron chi connectivity index (χ2n) is 21.9. The van der Waals surface area contributed by atoms with Crippen LogP contribution < -0.4 is 20.4 Å². The molecule has 0 saturated carbocycles. The first-order valence-electron chi connectivity index (χ1n) is 35.2. The van der Waals surface area contributed by atoms with E-state index in [2.05, 4.69) is 272 Å². The summed E-state index contributed by atoms with van der Waals surface area (Å²) in [7, 11) is 0. The largest absolute Gasteiger partial charge is 0.764 e. The fraction of sp³-hybridized carbons (Fsp3) is 0.941. The van der Waals surface area contributed by atoms with Crippen molar-refractivity contribution in [3.05, 3.63) is 0 Å². The van der Waals surface area contributed by atoms with Crippen LogP contribution in [0.4, 0.5) is 19.2 Å². The smallest absolute Gasteiger partial charge is 0.0757 e. The van der Waals surface area contributed by atoms with E-state index in [0.29, 0.717) is 0 Å². The van der Waals surface area contributed by atoms with Gasteiger partial charge in [0.2, 0.25) is 0 Å². The molecule has 0 bridgehead atoms. The van der Waals surface area contributed by atoms with Gasteiger partial charge in [0.1, 0.15) is 0 Å². The first kappa shape index (κ1) is 114. The summed E-state index contributed by atoms with van der Waals surface area (Å²) in [6, 6.07) is 0. The minimum absolute atomic E-state index is 1.28. The highest BCUT2D eigenvalue weighted by atomic mass is 32.1. The maximum Gasteiger partial charge on any atom is 0.0757 e. The summed E-state index contributed by atoms with van der Waals surface area (Å²) < 4.78 is 10.2. The molecule has 0 aromatic heterocycles. The van der Waals surface area contributed by atoms with Gasteiger partial charge < -0.3 is 126 Å². The summed E-state index contributed by atoms with van der Waals surface area (Å²) in [5, 5.41) is 28.8. The van der Waals surface area contributed by atoms with Gasteiger partial charge >= 0.3 is 0 Å². The van der Waals surface area contributed by atoms with E-state index in [0.717, 1.165) is 0 Å². The van der Waals surface area contributed by atoms with Crippen LogP contribution in [0, 0.1) is 0 Å². The van der Waals surface area contributed by atoms with Crippen molar-refractivity contribution in [2.75, 3.05) is 209 Å². The molecular formula is C68H160N8O8S4. The molecule has 544 valence electrons. The quantitative estimate of drug-likeness (QED) is 0.0464. The van der Waals surface area contributed by atoms with Crippen molar-refractivity contribution in [3.63, 3.8) is 0 Å². The minimum Gasteiger partial charge on any atom is -0.764 e. The van der Waals surface area contributed by atoms with E-state index in [1.807, 2.05) is 0 Å². The number of quaternary nitrogens is 8. The van der Waals surface area contributed by atoms with Crippen molar-refractivity contribution < 1.29 is 75.5 Å². The van der Waals surface area contributed by atoms with Crippen LogP contribution in [0.2, 0.25) is 0 Å². The molecule has 0 fully saturated rings. The molecule has 16 nitrogen and oxygen atoms in total. The third-order valence-corrected chi connectivity index (χ3v) is 21.5. The number of hydrogen-bond donors (Lipinski definition) is 0. The topological polar surface area (TPSA) is 161 Å². The van der Waals surface area contributed by atoms with Crippen molar-refractivity contribution in [1.82, 2.24) is 0 Å². The third kappa shape index (κ3) is 65.9. The number of carbonyl (C=O) groups is 4. The average Bonchev–Trinajstić information content (AvgIpc) is 3.53. The molecule has 0 aromatic rings. The van der Waals surface area contributed by atoms with E-state index in [-0.39, 0.29) is 0 Å². The van der Waals surface area contributed by atoms with E-state index < -0.39 is 21.2 Å². The summed E-state index contributed by atoms with van der Waals surface area (Å²) in [5.74, 6) is 0. The highest BCUT2D eigenvalue weighted by Gasteiger charge is 2.21. The van der Waals surface area contributed by atoms with Crippen molar-refractivity contribution in [2.45, 2.75) is 222 Å². The van der Waals surface area contributed by atoms with Crippen molar-refractivity contribution in [3.8, 4) is 0 Å². The molecule has 0 rings (SSSR count). The number of rotatable bonds is 32. The summed E-state index contributed by atoms with van der Waals surface area (Å²) in [4.78, 5) is 34.8. The van der Waals surface area contributed by atoms with Crippen molar-refractivity contribution >= 4 is 71.7 Å². The number of carboxylic acid groups (broad SMARTS) is 4. The van der Waals surface area contributed by atoms with E-state index in [1.54, 1.807) is 0 Å². The monoisotopic (exact) mass is 1350 g/mol. The number of hydrogen-bond acceptors (Lipinski definition) is 12. The lowest BCUT2D eigenvalue weighted by Crippen LogP contribution is -2.47. The van der Waals surface area contributed by atoms with Crippen LogP contribution in [0.5, 0.6) is 0 Å². The van der Waals surface area contributed by atoms with Gasteiger partial charge in [-0.05, 0) is 222 Å². The maximum atomic E-state index is 8.70. The molecule has 0 saturated heterocycles. The van der Waals surface area contributed by atoms with Crippen LogP contribution in [-0.4, -0.2) is 267 Å². The van der Waals surface area contributed by atoms with Crippen LogP contribution in [-0.2, 0) is 50.5 Å². The van der Waals surface area contributed by atoms with Crippen LogP contribution >= 0.6 is 0 Å². The Morgan fingerprint density at radius 3 is 0.182 bits per heavy atom. The number of carbonyl (C=O) groups excluding carboxylic acids is 4. The molecule has 0 unspecified atom stereocenters. The highest BCUT2D eigenvalue weighted by molar-refractivity contribution is 7.76. The Labute approximate surface area is 574 Å². The van der Waals surface area contributed by atoms with Gasteiger partial charge in [0.15, 0.2) is 0 Å². The predicted octanol–water partition coefficient (Wildman–Crippen LogP) is 10.6. The van der Waals surface area contributed by atoms with Crippen LogP contribution in [0.3, 0.4) is 0 Å². The Kier molecular flexibility index (Phi) is 96.4. The first-order valence-corrected chi connectivity index (χ1v) is 36.8. The molecule has 88 heavy (non-hydrogen) atoms. The zero-order chi connectivity index (χ0) is 72.9. The molecule has 0 aliphatic heterocycles. The predicted molar refractivity (Wildman–Crippen MR) is 390 cm³/mol. The van der Waals surface area contributed by atoms with Gasteiger partial charge in [-0.3, -0.25) is 0 Å². The van der Waals surface area contributed by atoms with Crippen molar-refractivity contribution in [2.24, 2.45) is 0 Å². The van der Waals surface area contributed by atoms with Crippen LogP contribution in [0.15, 0.2) is 0 Å². The standard InChI is InChI=1S/8C8H20N.4CH2O2S/c8*1-5-9(6-2,7-3)8-4;4*2-1(3)4/h8*5-8H2,1-4H3;4*4H,(H,2,3)/q8*+1;;;;/p-8. The molecule has 0 amide bonds. The second-order valence-corrected chi connectivity index (χ2v) is 23.2. The summed E-state index contributed by atoms with van der Waals surface area (Å²) in [5.41, 5.74) is 0. The zero-order valence-corrected chi connectivity index (χ0v) is 68.4. The lowest BCUT2D eigenvalue weighted by Gasteiger charge is -2.34. The fourth-order valence-corrected chi connectivity index (χ4v) is 10.7. The van der Waals surface area contributed by atoms with Crippen molar-refractivity contribution in [1.29, 1.82) is 0 Å². The molecule has 0 N–H and O–H groups in total. The maximum absolute atomic E-state index is 8.70. The zero-order valence-electron chi connectivity index (χ0n) is 65.1. The summed E-state index contributed by atoms with van der Waals surface area (Å²) >= 11 is 13.7. The van der Waals surface area contributed by atoms with E-state index in [9.17, 15) is 0 Å². The van der Waals surface area contributed by atoms with E-state index >= 15 is 0 Å². The lowest BCUT2D eigenvalue weighted by atomic mass is 10.3. The SMILES string of the molecule is CC[N+](CC)(CC)CC.CC[N+](CC)(CC)CC.CC[N+](CC)(CC)CC.CC[N+](CC)(CC)CC.CC[N+](CC)(CC)CC.CC[N+](CC)(CC)CC.CC[N+](CC)(CC)CC.CC[N+](CC)(CC)CC.O=C([O-])[S-].O=C([O-])[S-].O=C([O-])[S-].O=C([O-])[S-]. The molecule has 20 heteroatoms. The van der Waals surface area contributed by atoms with Gasteiger partial charge in [0.25, 0.3) is 0 Å². The van der Waals surface area contributed by atoms with Gasteiger partial charge in [0.05, 0.1) is 209 Å². The summed E-state index contributed by atoms with van der Waals surface area (Å²) in [6.07, 6.45) is 0. The third-order valence-electron chi connectivity index (χ3n) is 21.5. The Bertz CT molecular complexity index is 984. The van der Waals surface area contributed by atoms with Gasteiger partial charge in [-0.1, -0.05) is 21.2 Å². The number of nitrogens with zero attached hydrogens (tertiary/aromatic N) is 8.